The van der Waals surface area contributed by atoms with Gasteiger partial charge in [0.1, 0.15) is 5.03 Å². The van der Waals surface area contributed by atoms with Crippen molar-refractivity contribution in [2.45, 2.75) is 17.7 Å². The molecule has 0 aliphatic rings. The summed E-state index contributed by atoms with van der Waals surface area (Å²) in [6.45, 7) is 1.98. The Bertz CT molecular complexity index is 469. The van der Waals surface area contributed by atoms with Gasteiger partial charge in [-0.3, -0.25) is 0 Å². The topological polar surface area (TPSA) is 38.9 Å². The molecule has 1 aromatic carbocycles. The predicted octanol–water partition coefficient (Wildman–Crippen LogP) is 3.26. The molecule has 0 unspecified atom stereocenters. The van der Waals surface area contributed by atoms with Crippen molar-refractivity contribution >= 4 is 17.4 Å². The Morgan fingerprint density at radius 3 is 2.62 bits per heavy atom. The van der Waals surface area contributed by atoms with Crippen LogP contribution < -0.4 is 5.73 Å². The van der Waals surface area contributed by atoms with E-state index in [9.17, 15) is 0 Å². The first kappa shape index (κ1) is 11.0. The summed E-state index contributed by atoms with van der Waals surface area (Å²) >= 11 is 1.68. The maximum absolute atomic E-state index is 5.87. The lowest BCUT2D eigenvalue weighted by Gasteiger charge is -2.05. The monoisotopic (exact) mass is 230 g/mol. The number of rotatable bonds is 3. The smallest absolute Gasteiger partial charge is 0.120 e. The average molecular weight is 230 g/mol. The number of hydrogen-bond donors (Lipinski definition) is 1. The Kier molecular flexibility index (Phi) is 3.47. The van der Waals surface area contributed by atoms with Crippen molar-refractivity contribution in [3.63, 3.8) is 0 Å². The lowest BCUT2D eigenvalue weighted by molar-refractivity contribution is 1.07. The maximum atomic E-state index is 5.87. The number of aryl methyl sites for hydroxylation is 1. The van der Waals surface area contributed by atoms with E-state index in [2.05, 4.69) is 17.1 Å². The highest BCUT2D eigenvalue weighted by Crippen LogP contribution is 2.26. The van der Waals surface area contributed by atoms with E-state index < -0.39 is 0 Å². The zero-order valence-electron chi connectivity index (χ0n) is 9.18. The molecule has 16 heavy (non-hydrogen) atoms. The van der Waals surface area contributed by atoms with Crippen molar-refractivity contribution in [3.8, 4) is 0 Å². The number of hydrogen-bond acceptors (Lipinski definition) is 3. The molecule has 0 radical (unpaired) electrons. The van der Waals surface area contributed by atoms with Gasteiger partial charge in [-0.1, -0.05) is 42.1 Å². The van der Waals surface area contributed by atoms with Crippen LogP contribution >= 0.6 is 11.8 Å². The summed E-state index contributed by atoms with van der Waals surface area (Å²) in [5, 5.41) is 0.920. The molecule has 0 saturated heterocycles. The van der Waals surface area contributed by atoms with Crippen molar-refractivity contribution in [1.29, 1.82) is 0 Å². The molecule has 0 bridgehead atoms. The zero-order valence-corrected chi connectivity index (χ0v) is 10.00. The SMILES string of the molecule is Cc1ccc(N)c(SCc2ccccc2)n1. The lowest BCUT2D eigenvalue weighted by Crippen LogP contribution is -1.93. The van der Waals surface area contributed by atoms with Crippen LogP contribution in [0.2, 0.25) is 0 Å². The predicted molar refractivity (Wildman–Crippen MR) is 69.4 cm³/mol. The third-order valence-electron chi connectivity index (χ3n) is 2.25. The van der Waals surface area contributed by atoms with E-state index in [1.807, 2.05) is 37.3 Å². The third-order valence-corrected chi connectivity index (χ3v) is 3.33. The summed E-state index contributed by atoms with van der Waals surface area (Å²) in [7, 11) is 0. The molecule has 2 N–H and O–H groups in total. The number of nitrogen functional groups attached to an aromatic ring is 1. The van der Waals surface area contributed by atoms with E-state index in [0.717, 1.165) is 22.2 Å². The van der Waals surface area contributed by atoms with Crippen molar-refractivity contribution in [2.24, 2.45) is 0 Å². The van der Waals surface area contributed by atoms with Crippen LogP contribution in [-0.2, 0) is 5.75 Å². The van der Waals surface area contributed by atoms with Crippen molar-refractivity contribution in [3.05, 3.63) is 53.7 Å². The van der Waals surface area contributed by atoms with E-state index in [-0.39, 0.29) is 0 Å². The second-order valence-corrected chi connectivity index (χ2v) is 4.59. The molecule has 0 amide bonds. The van der Waals surface area contributed by atoms with Gasteiger partial charge in [0.2, 0.25) is 0 Å². The fourth-order valence-electron chi connectivity index (χ4n) is 1.39. The minimum atomic E-state index is 0.756. The van der Waals surface area contributed by atoms with Crippen LogP contribution in [0.4, 0.5) is 5.69 Å². The maximum Gasteiger partial charge on any atom is 0.120 e. The molecule has 3 heteroatoms. The molecular weight excluding hydrogens is 216 g/mol. The minimum absolute atomic E-state index is 0.756. The first-order chi connectivity index (χ1) is 7.75. The van der Waals surface area contributed by atoms with Gasteiger partial charge in [-0.05, 0) is 24.6 Å². The zero-order chi connectivity index (χ0) is 11.4. The van der Waals surface area contributed by atoms with E-state index in [1.54, 1.807) is 11.8 Å². The summed E-state index contributed by atoms with van der Waals surface area (Å²) in [6.07, 6.45) is 0. The van der Waals surface area contributed by atoms with E-state index in [4.69, 9.17) is 5.73 Å². The van der Waals surface area contributed by atoms with Crippen molar-refractivity contribution in [1.82, 2.24) is 4.98 Å². The fourth-order valence-corrected chi connectivity index (χ4v) is 2.32. The Hall–Kier alpha value is -1.48. The van der Waals surface area contributed by atoms with Gasteiger partial charge < -0.3 is 5.73 Å². The summed E-state index contributed by atoms with van der Waals surface area (Å²) in [5.41, 5.74) is 8.92. The quantitative estimate of drug-likeness (QED) is 0.822. The van der Waals surface area contributed by atoms with Gasteiger partial charge in [-0.15, -0.1) is 0 Å². The molecular formula is C13H14N2S. The molecule has 2 rings (SSSR count). The minimum Gasteiger partial charge on any atom is -0.397 e. The van der Waals surface area contributed by atoms with Gasteiger partial charge in [-0.2, -0.15) is 0 Å². The first-order valence-corrected chi connectivity index (χ1v) is 6.14. The summed E-state index contributed by atoms with van der Waals surface area (Å²) in [4.78, 5) is 4.43. The third kappa shape index (κ3) is 2.76. The van der Waals surface area contributed by atoms with Crippen LogP contribution in [0, 0.1) is 6.92 Å². The Morgan fingerprint density at radius 1 is 1.12 bits per heavy atom. The number of nitrogens with zero attached hydrogens (tertiary/aromatic N) is 1. The second-order valence-electron chi connectivity index (χ2n) is 3.62. The molecule has 2 aromatic rings. The Morgan fingerprint density at radius 2 is 1.88 bits per heavy atom. The molecule has 2 nitrogen and oxygen atoms in total. The number of aromatic nitrogens is 1. The van der Waals surface area contributed by atoms with E-state index in [1.165, 1.54) is 5.56 Å². The summed E-state index contributed by atoms with van der Waals surface area (Å²) in [6, 6.07) is 14.2. The molecule has 0 spiro atoms. The number of thioether (sulfide) groups is 1. The van der Waals surface area contributed by atoms with Crippen LogP contribution in [0.25, 0.3) is 0 Å². The molecule has 1 heterocycles. The highest BCUT2D eigenvalue weighted by Gasteiger charge is 2.02. The van der Waals surface area contributed by atoms with Crippen molar-refractivity contribution in [2.75, 3.05) is 5.73 Å². The number of nitrogens with two attached hydrogens (primary N) is 1. The fraction of sp³-hybridized carbons (Fsp3) is 0.154. The largest absolute Gasteiger partial charge is 0.397 e. The van der Waals surface area contributed by atoms with Crippen molar-refractivity contribution < 1.29 is 0 Å². The van der Waals surface area contributed by atoms with Gasteiger partial charge in [0.05, 0.1) is 5.69 Å². The highest BCUT2D eigenvalue weighted by atomic mass is 32.2. The number of pyridine rings is 1. The Labute approximate surface area is 99.9 Å². The van der Waals surface area contributed by atoms with Crippen LogP contribution in [0.3, 0.4) is 0 Å². The summed E-state index contributed by atoms with van der Waals surface area (Å²) in [5.74, 6) is 0.904. The van der Waals surface area contributed by atoms with E-state index >= 15 is 0 Å². The van der Waals surface area contributed by atoms with Gasteiger partial charge in [0.15, 0.2) is 0 Å². The normalized spacial score (nSPS) is 10.3. The van der Waals surface area contributed by atoms with Crippen LogP contribution in [0.15, 0.2) is 47.5 Å². The van der Waals surface area contributed by atoms with Gasteiger partial charge >= 0.3 is 0 Å². The molecule has 1 aromatic heterocycles. The van der Waals surface area contributed by atoms with E-state index in [0.29, 0.717) is 0 Å². The molecule has 0 atom stereocenters. The molecule has 0 saturated carbocycles. The number of benzene rings is 1. The lowest BCUT2D eigenvalue weighted by atomic mass is 10.2. The van der Waals surface area contributed by atoms with Gasteiger partial charge in [0.25, 0.3) is 0 Å². The number of anilines is 1. The first-order valence-electron chi connectivity index (χ1n) is 5.15. The van der Waals surface area contributed by atoms with Crippen LogP contribution in [0.1, 0.15) is 11.3 Å². The average Bonchev–Trinajstić information content (AvgIpc) is 2.32. The summed E-state index contributed by atoms with van der Waals surface area (Å²) < 4.78 is 0. The molecule has 0 fully saturated rings. The Balaban J connectivity index is 2.08. The highest BCUT2D eigenvalue weighted by molar-refractivity contribution is 7.98. The van der Waals surface area contributed by atoms with Gasteiger partial charge in [0, 0.05) is 11.4 Å². The van der Waals surface area contributed by atoms with Gasteiger partial charge in [-0.25, -0.2) is 4.98 Å². The molecule has 0 aliphatic carbocycles. The van der Waals surface area contributed by atoms with Crippen LogP contribution in [-0.4, -0.2) is 4.98 Å². The molecule has 82 valence electrons. The second kappa shape index (κ2) is 5.03. The standard InChI is InChI=1S/C13H14N2S/c1-10-7-8-12(14)13(15-10)16-9-11-5-3-2-4-6-11/h2-8H,9,14H2,1H3. The van der Waals surface area contributed by atoms with Crippen LogP contribution in [0.5, 0.6) is 0 Å². The molecule has 0 aliphatic heterocycles.